The molecule has 1 aliphatic heterocycles. The second-order valence-electron chi connectivity index (χ2n) is 5.02. The van der Waals surface area contributed by atoms with Crippen LogP contribution in [0, 0.1) is 10.1 Å². The van der Waals surface area contributed by atoms with Gasteiger partial charge in [0, 0.05) is 30.7 Å². The number of nitrogens with zero attached hydrogens (tertiary/aromatic N) is 2. The van der Waals surface area contributed by atoms with Crippen molar-refractivity contribution in [3.8, 4) is 0 Å². The number of carbonyl (C=O) groups excluding carboxylic acids is 1. The maximum Gasteiger partial charge on any atom is 0.269 e. The monoisotopic (exact) mass is 332 g/mol. The fraction of sp³-hybridized carbons (Fsp3) is 0.133. The molecule has 0 atom stereocenters. The van der Waals surface area contributed by atoms with Crippen LogP contribution < -0.4 is 4.31 Å². The third-order valence-electron chi connectivity index (χ3n) is 3.65. The highest BCUT2D eigenvalue weighted by atomic mass is 32.2. The van der Waals surface area contributed by atoms with Gasteiger partial charge in [-0.3, -0.25) is 19.2 Å². The number of nitro benzene ring substituents is 1. The lowest BCUT2D eigenvalue weighted by atomic mass is 10.0. The van der Waals surface area contributed by atoms with E-state index in [0.717, 1.165) is 12.1 Å². The summed E-state index contributed by atoms with van der Waals surface area (Å²) in [5, 5.41) is 10.7. The molecule has 0 amide bonds. The Hall–Kier alpha value is -2.74. The first-order valence-corrected chi connectivity index (χ1v) is 8.25. The van der Waals surface area contributed by atoms with Gasteiger partial charge in [-0.1, -0.05) is 12.1 Å². The van der Waals surface area contributed by atoms with Crippen LogP contribution in [0.2, 0.25) is 0 Å². The number of rotatable bonds is 3. The zero-order valence-electron chi connectivity index (χ0n) is 11.9. The van der Waals surface area contributed by atoms with E-state index in [-0.39, 0.29) is 29.3 Å². The van der Waals surface area contributed by atoms with Gasteiger partial charge in [0.05, 0.1) is 15.5 Å². The van der Waals surface area contributed by atoms with Crippen LogP contribution in [0.5, 0.6) is 0 Å². The van der Waals surface area contributed by atoms with Crippen LogP contribution in [0.1, 0.15) is 16.8 Å². The van der Waals surface area contributed by atoms with E-state index in [1.807, 2.05) is 0 Å². The van der Waals surface area contributed by atoms with Crippen LogP contribution in [0.25, 0.3) is 0 Å². The number of Topliss-reactive ketones (excluding diaryl/α,β-unsaturated/α-hetero) is 1. The summed E-state index contributed by atoms with van der Waals surface area (Å²) in [6.07, 6.45) is 0.100. The summed E-state index contributed by atoms with van der Waals surface area (Å²) in [5.74, 6) is -0.101. The molecule has 0 N–H and O–H groups in total. The first-order valence-electron chi connectivity index (χ1n) is 6.81. The smallest absolute Gasteiger partial charge is 0.269 e. The van der Waals surface area contributed by atoms with Crippen molar-refractivity contribution in [3.05, 3.63) is 64.2 Å². The molecule has 7 nitrogen and oxygen atoms in total. The van der Waals surface area contributed by atoms with E-state index in [0.29, 0.717) is 11.3 Å². The lowest BCUT2D eigenvalue weighted by Gasteiger charge is -2.29. The molecule has 0 saturated heterocycles. The predicted molar refractivity (Wildman–Crippen MR) is 83.0 cm³/mol. The molecule has 0 aromatic heterocycles. The third-order valence-corrected chi connectivity index (χ3v) is 5.48. The first kappa shape index (κ1) is 15.2. The van der Waals surface area contributed by atoms with Crippen LogP contribution in [0.4, 0.5) is 11.4 Å². The average Bonchev–Trinajstić information content (AvgIpc) is 2.55. The van der Waals surface area contributed by atoms with Gasteiger partial charge >= 0.3 is 0 Å². The van der Waals surface area contributed by atoms with Crippen LogP contribution in [-0.4, -0.2) is 25.7 Å². The number of nitro groups is 1. The second-order valence-corrected chi connectivity index (χ2v) is 6.88. The van der Waals surface area contributed by atoms with Crippen molar-refractivity contribution in [3.63, 3.8) is 0 Å². The molecule has 2 aromatic carbocycles. The molecule has 3 rings (SSSR count). The summed E-state index contributed by atoms with van der Waals surface area (Å²) in [7, 11) is -3.88. The van der Waals surface area contributed by atoms with Gasteiger partial charge in [-0.25, -0.2) is 8.42 Å². The molecule has 8 heteroatoms. The quantitative estimate of drug-likeness (QED) is 0.635. The van der Waals surface area contributed by atoms with Gasteiger partial charge in [-0.15, -0.1) is 0 Å². The number of hydrogen-bond donors (Lipinski definition) is 0. The zero-order valence-corrected chi connectivity index (χ0v) is 12.7. The lowest BCUT2D eigenvalue weighted by Crippen LogP contribution is -2.37. The topological polar surface area (TPSA) is 97.6 Å². The van der Waals surface area contributed by atoms with E-state index in [2.05, 4.69) is 0 Å². The number of hydrogen-bond acceptors (Lipinski definition) is 5. The number of sulfonamides is 1. The Morgan fingerprint density at radius 3 is 2.35 bits per heavy atom. The SMILES string of the molecule is O=C1CCN(S(=O)(=O)c2ccc([N+](=O)[O-])cc2)c2ccccc21. The van der Waals surface area contributed by atoms with Gasteiger partial charge in [-0.2, -0.15) is 0 Å². The average molecular weight is 332 g/mol. The molecule has 0 aliphatic carbocycles. The van der Waals surface area contributed by atoms with Gasteiger partial charge < -0.3 is 0 Å². The Kier molecular flexibility index (Phi) is 3.61. The fourth-order valence-electron chi connectivity index (χ4n) is 2.50. The molecule has 118 valence electrons. The maximum absolute atomic E-state index is 12.8. The van der Waals surface area contributed by atoms with E-state index in [1.165, 1.54) is 16.4 Å². The standard InChI is InChI=1S/C15H12N2O5S/c18-15-9-10-16(14-4-2-1-3-13(14)15)23(21,22)12-7-5-11(6-8-12)17(19)20/h1-8H,9-10H2. The number of non-ortho nitro benzene ring substituents is 1. The van der Waals surface area contributed by atoms with Gasteiger partial charge in [0.2, 0.25) is 0 Å². The minimum Gasteiger partial charge on any atom is -0.294 e. The summed E-state index contributed by atoms with van der Waals surface area (Å²) in [5.41, 5.74) is 0.518. The third kappa shape index (κ3) is 2.57. The highest BCUT2D eigenvalue weighted by Crippen LogP contribution is 2.32. The number of ketones is 1. The van der Waals surface area contributed by atoms with Crippen molar-refractivity contribution in [2.24, 2.45) is 0 Å². The minimum absolute atomic E-state index is 0.0488. The predicted octanol–water partition coefficient (Wildman–Crippen LogP) is 2.38. The van der Waals surface area contributed by atoms with Gasteiger partial charge in [0.1, 0.15) is 0 Å². The molecule has 0 fully saturated rings. The van der Waals surface area contributed by atoms with E-state index in [9.17, 15) is 23.3 Å². The van der Waals surface area contributed by atoms with Crippen molar-refractivity contribution >= 4 is 27.2 Å². The Labute approximate surface area is 132 Å². The Bertz CT molecular complexity index is 890. The summed E-state index contributed by atoms with van der Waals surface area (Å²) in [6, 6.07) is 11.2. The summed E-state index contributed by atoms with van der Waals surface area (Å²) >= 11 is 0. The van der Waals surface area contributed by atoms with Gasteiger partial charge in [0.25, 0.3) is 15.7 Å². The Morgan fingerprint density at radius 2 is 1.70 bits per heavy atom. The molecular formula is C15H12N2O5S. The normalized spacial score (nSPS) is 14.4. The number of anilines is 1. The van der Waals surface area contributed by atoms with E-state index < -0.39 is 14.9 Å². The molecule has 1 aliphatic rings. The molecule has 0 radical (unpaired) electrons. The molecule has 2 aromatic rings. The summed E-state index contributed by atoms with van der Waals surface area (Å²) < 4.78 is 26.7. The summed E-state index contributed by atoms with van der Waals surface area (Å²) in [6.45, 7) is 0.0508. The van der Waals surface area contributed by atoms with Crippen LogP contribution in [0.3, 0.4) is 0 Å². The molecule has 1 heterocycles. The van der Waals surface area contributed by atoms with Crippen molar-refractivity contribution in [2.75, 3.05) is 10.8 Å². The van der Waals surface area contributed by atoms with Crippen LogP contribution in [-0.2, 0) is 10.0 Å². The van der Waals surface area contributed by atoms with Gasteiger partial charge in [0.15, 0.2) is 5.78 Å². The van der Waals surface area contributed by atoms with E-state index >= 15 is 0 Å². The number of carbonyl (C=O) groups is 1. The molecule has 23 heavy (non-hydrogen) atoms. The van der Waals surface area contributed by atoms with Crippen molar-refractivity contribution < 1.29 is 18.1 Å². The van der Waals surface area contributed by atoms with Crippen molar-refractivity contribution in [1.29, 1.82) is 0 Å². The second kappa shape index (κ2) is 5.47. The van der Waals surface area contributed by atoms with Crippen LogP contribution >= 0.6 is 0 Å². The molecule has 0 spiro atoms. The fourth-order valence-corrected chi connectivity index (χ4v) is 3.99. The van der Waals surface area contributed by atoms with E-state index in [1.54, 1.807) is 24.3 Å². The number of para-hydroxylation sites is 1. The zero-order chi connectivity index (χ0) is 16.6. The highest BCUT2D eigenvalue weighted by Gasteiger charge is 2.32. The van der Waals surface area contributed by atoms with Crippen molar-refractivity contribution in [1.82, 2.24) is 0 Å². The first-order chi connectivity index (χ1) is 10.9. The highest BCUT2D eigenvalue weighted by molar-refractivity contribution is 7.92. The molecular weight excluding hydrogens is 320 g/mol. The lowest BCUT2D eigenvalue weighted by molar-refractivity contribution is -0.384. The van der Waals surface area contributed by atoms with Gasteiger partial charge in [-0.05, 0) is 24.3 Å². The summed E-state index contributed by atoms with van der Waals surface area (Å²) in [4.78, 5) is 21.9. The van der Waals surface area contributed by atoms with Crippen LogP contribution in [0.15, 0.2) is 53.4 Å². The van der Waals surface area contributed by atoms with Crippen molar-refractivity contribution in [2.45, 2.75) is 11.3 Å². The molecule has 0 saturated carbocycles. The Morgan fingerprint density at radius 1 is 1.04 bits per heavy atom. The largest absolute Gasteiger partial charge is 0.294 e. The molecule has 0 unspecified atom stereocenters. The maximum atomic E-state index is 12.8. The minimum atomic E-state index is -3.88. The number of benzene rings is 2. The number of fused-ring (bicyclic) bond motifs is 1. The molecule has 0 bridgehead atoms. The van der Waals surface area contributed by atoms with E-state index in [4.69, 9.17) is 0 Å². The Balaban J connectivity index is 2.05.